The normalized spacial score (nSPS) is 10.0. The highest BCUT2D eigenvalue weighted by Crippen LogP contribution is 2.23. The average Bonchev–Trinajstić information content (AvgIpc) is 2.63. The molecule has 0 bridgehead atoms. The molecule has 3 aromatic carbocycles. The minimum absolute atomic E-state index is 0.0405. The summed E-state index contributed by atoms with van der Waals surface area (Å²) in [6, 6.07) is 15.6. The number of amides is 1. The summed E-state index contributed by atoms with van der Waals surface area (Å²) in [6.45, 7) is 0.0405. The van der Waals surface area contributed by atoms with Crippen molar-refractivity contribution < 1.29 is 15.0 Å². The molecule has 0 unspecified atom stereocenters. The van der Waals surface area contributed by atoms with E-state index in [1.165, 1.54) is 24.4 Å². The van der Waals surface area contributed by atoms with Crippen LogP contribution in [-0.4, -0.2) is 22.3 Å². The number of aliphatic hydroxyl groups is 1. The smallest absolute Gasteiger partial charge is 0.248 e. The van der Waals surface area contributed by atoms with Crippen LogP contribution in [-0.2, 0) is 6.61 Å². The monoisotopic (exact) mass is 356 g/mol. The summed E-state index contributed by atoms with van der Waals surface area (Å²) in [5.74, 6) is -0.622. The van der Waals surface area contributed by atoms with Crippen molar-refractivity contribution in [1.29, 1.82) is 5.41 Å². The van der Waals surface area contributed by atoms with Crippen LogP contribution in [0.25, 0.3) is 10.8 Å². The summed E-state index contributed by atoms with van der Waals surface area (Å²) in [5.41, 5.74) is 7.03. The van der Waals surface area contributed by atoms with Crippen molar-refractivity contribution in [3.63, 3.8) is 0 Å². The van der Waals surface area contributed by atoms with Gasteiger partial charge in [0.1, 0.15) is 5.75 Å². The van der Waals surface area contributed by atoms with Crippen LogP contribution in [0.5, 0.6) is 5.75 Å². The van der Waals surface area contributed by atoms with E-state index in [4.69, 9.17) is 33.0 Å². The maximum absolute atomic E-state index is 10.5. The number of aromatic hydroxyl groups is 1. The molecule has 0 saturated carbocycles. The molecule has 0 radical (unpaired) electrons. The van der Waals surface area contributed by atoms with Crippen LogP contribution in [0.1, 0.15) is 21.5 Å². The van der Waals surface area contributed by atoms with E-state index >= 15 is 0 Å². The molecule has 1 amide bonds. The van der Waals surface area contributed by atoms with Gasteiger partial charge in [-0.3, -0.25) is 4.79 Å². The van der Waals surface area contributed by atoms with Crippen LogP contribution >= 0.6 is 11.6 Å². The van der Waals surface area contributed by atoms with Crippen molar-refractivity contribution >= 4 is 34.5 Å². The standard InChI is InChI=1S/C12H11NO.C7H6ClNO2/c13-7-9-5-6-10(8-14)12-4-2-1-3-11(9)12;8-5-3-4(7(9)11)1-2-6(5)10/h1-7,13-14H,8H2;1-3,10H,(H2,9,11). The highest BCUT2D eigenvalue weighted by molar-refractivity contribution is 6.32. The number of nitrogens with one attached hydrogen (secondary N) is 1. The predicted octanol–water partition coefficient (Wildman–Crippen LogP) is 3.47. The zero-order valence-corrected chi connectivity index (χ0v) is 14.0. The average molecular weight is 357 g/mol. The number of hydrogen-bond acceptors (Lipinski definition) is 4. The second kappa shape index (κ2) is 8.28. The van der Waals surface area contributed by atoms with Crippen molar-refractivity contribution in [2.24, 2.45) is 5.73 Å². The van der Waals surface area contributed by atoms with E-state index < -0.39 is 5.91 Å². The first-order valence-electron chi connectivity index (χ1n) is 7.38. The minimum Gasteiger partial charge on any atom is -0.506 e. The number of carbonyl (C=O) groups excluding carboxylic acids is 1. The Hall–Kier alpha value is -2.89. The van der Waals surface area contributed by atoms with E-state index in [0.717, 1.165) is 21.9 Å². The lowest BCUT2D eigenvalue weighted by Gasteiger charge is -2.05. The Morgan fingerprint density at radius 2 is 1.80 bits per heavy atom. The Bertz CT molecular complexity index is 926. The molecule has 5 N–H and O–H groups in total. The van der Waals surface area contributed by atoms with Gasteiger partial charge in [-0.05, 0) is 40.1 Å². The third-order valence-electron chi connectivity index (χ3n) is 3.61. The summed E-state index contributed by atoms with van der Waals surface area (Å²) in [6.07, 6.45) is 1.34. The molecule has 3 aromatic rings. The Kier molecular flexibility index (Phi) is 6.11. The number of aliphatic hydroxyl groups excluding tert-OH is 1. The van der Waals surface area contributed by atoms with Crippen molar-refractivity contribution in [3.8, 4) is 5.75 Å². The van der Waals surface area contributed by atoms with Crippen molar-refractivity contribution in [2.45, 2.75) is 6.61 Å². The van der Waals surface area contributed by atoms with Crippen LogP contribution in [0, 0.1) is 5.41 Å². The molecule has 0 aliphatic rings. The highest BCUT2D eigenvalue weighted by Gasteiger charge is 2.03. The van der Waals surface area contributed by atoms with Crippen LogP contribution in [0.3, 0.4) is 0 Å². The molecule has 0 fully saturated rings. The number of halogens is 1. The Morgan fingerprint density at radius 1 is 1.12 bits per heavy atom. The first-order valence-corrected chi connectivity index (χ1v) is 7.76. The maximum atomic E-state index is 10.5. The number of benzene rings is 3. The fourth-order valence-corrected chi connectivity index (χ4v) is 2.49. The fourth-order valence-electron chi connectivity index (χ4n) is 2.31. The fraction of sp³-hybridized carbons (Fsp3) is 0.0526. The molecule has 0 atom stereocenters. The number of nitrogens with two attached hydrogens (primary N) is 1. The highest BCUT2D eigenvalue weighted by atomic mass is 35.5. The molecule has 128 valence electrons. The molecule has 0 spiro atoms. The first kappa shape index (κ1) is 18.4. The van der Waals surface area contributed by atoms with Crippen molar-refractivity contribution in [3.05, 3.63) is 76.3 Å². The quantitative estimate of drug-likeness (QED) is 0.539. The third kappa shape index (κ3) is 4.35. The van der Waals surface area contributed by atoms with E-state index in [0.29, 0.717) is 0 Å². The first-order chi connectivity index (χ1) is 12.0. The molecular formula is C19H17ClN2O3. The molecule has 0 saturated heterocycles. The van der Waals surface area contributed by atoms with Gasteiger partial charge in [0.25, 0.3) is 0 Å². The van der Waals surface area contributed by atoms with Gasteiger partial charge in [-0.1, -0.05) is 48.0 Å². The molecule has 25 heavy (non-hydrogen) atoms. The Morgan fingerprint density at radius 3 is 2.36 bits per heavy atom. The van der Waals surface area contributed by atoms with Crippen molar-refractivity contribution in [2.75, 3.05) is 0 Å². The van der Waals surface area contributed by atoms with Gasteiger partial charge < -0.3 is 21.4 Å². The van der Waals surface area contributed by atoms with Gasteiger partial charge in [0, 0.05) is 11.8 Å². The topological polar surface area (TPSA) is 107 Å². The van der Waals surface area contributed by atoms with E-state index in [-0.39, 0.29) is 22.9 Å². The van der Waals surface area contributed by atoms with E-state index in [1.807, 2.05) is 36.4 Å². The van der Waals surface area contributed by atoms with Gasteiger partial charge in [-0.2, -0.15) is 0 Å². The summed E-state index contributed by atoms with van der Waals surface area (Å²) >= 11 is 5.50. The number of primary amides is 1. The second-order valence-corrected chi connectivity index (χ2v) is 5.60. The number of phenolic OH excluding ortho intramolecular Hbond substituents is 1. The summed E-state index contributed by atoms with van der Waals surface area (Å²) < 4.78 is 0. The zero-order valence-electron chi connectivity index (χ0n) is 13.2. The number of carbonyl (C=O) groups is 1. The lowest BCUT2D eigenvalue weighted by Crippen LogP contribution is -2.10. The van der Waals surface area contributed by atoms with Gasteiger partial charge in [-0.15, -0.1) is 0 Å². The molecule has 0 aliphatic carbocycles. The van der Waals surface area contributed by atoms with E-state index in [9.17, 15) is 4.79 Å². The zero-order chi connectivity index (χ0) is 18.4. The molecule has 6 heteroatoms. The van der Waals surface area contributed by atoms with Crippen molar-refractivity contribution in [1.82, 2.24) is 0 Å². The molecular weight excluding hydrogens is 340 g/mol. The van der Waals surface area contributed by atoms with Gasteiger partial charge in [0.05, 0.1) is 11.6 Å². The SMILES string of the molecule is N=Cc1ccc(CO)c2ccccc12.NC(=O)c1ccc(O)c(Cl)c1. The lowest BCUT2D eigenvalue weighted by atomic mass is 10.0. The van der Waals surface area contributed by atoms with E-state index in [2.05, 4.69) is 0 Å². The molecule has 0 aromatic heterocycles. The summed E-state index contributed by atoms with van der Waals surface area (Å²) in [4.78, 5) is 10.5. The van der Waals surface area contributed by atoms with Gasteiger partial charge in [0.15, 0.2) is 0 Å². The van der Waals surface area contributed by atoms with Gasteiger partial charge in [0.2, 0.25) is 5.91 Å². The molecule has 0 aliphatic heterocycles. The Labute approximate surface area is 149 Å². The van der Waals surface area contributed by atoms with Crippen LogP contribution in [0.4, 0.5) is 0 Å². The number of phenols is 1. The van der Waals surface area contributed by atoms with Crippen LogP contribution in [0.2, 0.25) is 5.02 Å². The maximum Gasteiger partial charge on any atom is 0.248 e. The summed E-state index contributed by atoms with van der Waals surface area (Å²) in [7, 11) is 0. The third-order valence-corrected chi connectivity index (χ3v) is 3.91. The molecule has 3 rings (SSSR count). The lowest BCUT2D eigenvalue weighted by molar-refractivity contribution is 0.100. The number of hydrogen-bond donors (Lipinski definition) is 4. The van der Waals surface area contributed by atoms with Gasteiger partial charge in [-0.25, -0.2) is 0 Å². The second-order valence-electron chi connectivity index (χ2n) is 5.19. The number of fused-ring (bicyclic) bond motifs is 1. The summed E-state index contributed by atoms with van der Waals surface area (Å²) in [5, 5.41) is 27.5. The molecule has 0 heterocycles. The van der Waals surface area contributed by atoms with Gasteiger partial charge >= 0.3 is 0 Å². The van der Waals surface area contributed by atoms with Crippen LogP contribution < -0.4 is 5.73 Å². The van der Waals surface area contributed by atoms with E-state index in [1.54, 1.807) is 0 Å². The molecule has 5 nitrogen and oxygen atoms in total. The minimum atomic E-state index is -0.563. The van der Waals surface area contributed by atoms with Crippen LogP contribution in [0.15, 0.2) is 54.6 Å². The predicted molar refractivity (Wildman–Crippen MR) is 99.4 cm³/mol. The Balaban J connectivity index is 0.000000186. The largest absolute Gasteiger partial charge is 0.506 e. The number of rotatable bonds is 3.